The highest BCUT2D eigenvalue weighted by Gasteiger charge is 2.16. The smallest absolute Gasteiger partial charge is 0.251 e. The first-order valence-corrected chi connectivity index (χ1v) is 9.33. The van der Waals surface area contributed by atoms with Crippen molar-refractivity contribution in [3.05, 3.63) is 47.5 Å². The maximum absolute atomic E-state index is 12.4. The van der Waals surface area contributed by atoms with Crippen molar-refractivity contribution in [2.24, 2.45) is 0 Å². The number of nitrogens with zero attached hydrogens (tertiary/aromatic N) is 1. The minimum absolute atomic E-state index is 0.113. The quantitative estimate of drug-likeness (QED) is 0.651. The summed E-state index contributed by atoms with van der Waals surface area (Å²) in [4.78, 5) is 24.5. The monoisotopic (exact) mass is 402 g/mol. The highest BCUT2D eigenvalue weighted by atomic mass is 17.2. The van der Waals surface area contributed by atoms with Crippen LogP contribution in [0.2, 0.25) is 0 Å². The average molecular weight is 402 g/mol. The number of ether oxygens (including phenoxy) is 2. The number of hydrogen-bond donors (Lipinski definition) is 2. The Bertz CT molecular complexity index is 857. The predicted molar refractivity (Wildman–Crippen MR) is 108 cm³/mol. The van der Waals surface area contributed by atoms with E-state index in [2.05, 4.69) is 5.32 Å². The lowest BCUT2D eigenvalue weighted by Crippen LogP contribution is -2.39. The second kappa shape index (κ2) is 9.49. The molecule has 0 aliphatic carbocycles. The summed E-state index contributed by atoms with van der Waals surface area (Å²) in [6.07, 6.45) is 0.0571. The molecule has 1 aliphatic rings. The number of nitrogens with one attached hydrogen (secondary N) is 1. The molecule has 0 aromatic heterocycles. The Hall–Kier alpha value is -2.97. The molecule has 0 spiro atoms. The number of carbonyl (C=O) groups excluding carboxylic acids is 1. The van der Waals surface area contributed by atoms with E-state index in [9.17, 15) is 9.90 Å². The van der Waals surface area contributed by atoms with Crippen LogP contribution in [0.5, 0.6) is 17.2 Å². The number of fused-ring (bicyclic) bond motifs is 1. The molecule has 2 aromatic carbocycles. The summed E-state index contributed by atoms with van der Waals surface area (Å²) in [6, 6.07) is 10.8. The number of benzene rings is 2. The van der Waals surface area contributed by atoms with Gasteiger partial charge in [-0.25, -0.2) is 0 Å². The van der Waals surface area contributed by atoms with Gasteiger partial charge in [-0.1, -0.05) is 6.07 Å². The van der Waals surface area contributed by atoms with Crippen LogP contribution in [0.25, 0.3) is 0 Å². The Morgan fingerprint density at radius 3 is 2.76 bits per heavy atom. The third-order valence-corrected chi connectivity index (χ3v) is 4.72. The summed E-state index contributed by atoms with van der Waals surface area (Å²) in [5.41, 5.74) is 2.41. The second-order valence-corrected chi connectivity index (χ2v) is 6.76. The zero-order chi connectivity index (χ0) is 20.8. The molecule has 1 atom stereocenters. The summed E-state index contributed by atoms with van der Waals surface area (Å²) in [5.74, 6) is 1.41. The van der Waals surface area contributed by atoms with Crippen LogP contribution in [-0.4, -0.2) is 58.1 Å². The van der Waals surface area contributed by atoms with Gasteiger partial charge in [0.05, 0.1) is 26.9 Å². The molecule has 1 aliphatic heterocycles. The molecule has 156 valence electrons. The molecule has 3 rings (SSSR count). The number of anilines is 1. The van der Waals surface area contributed by atoms with Crippen LogP contribution < -0.4 is 24.6 Å². The van der Waals surface area contributed by atoms with E-state index in [1.807, 2.05) is 30.1 Å². The van der Waals surface area contributed by atoms with Gasteiger partial charge in [-0.2, -0.15) is 4.89 Å². The molecule has 0 saturated carbocycles. The first-order valence-electron chi connectivity index (χ1n) is 9.33. The van der Waals surface area contributed by atoms with E-state index in [1.165, 1.54) is 14.2 Å². The molecule has 1 amide bonds. The van der Waals surface area contributed by atoms with Crippen molar-refractivity contribution >= 4 is 11.6 Å². The molecule has 0 saturated heterocycles. The maximum Gasteiger partial charge on any atom is 0.251 e. The van der Waals surface area contributed by atoms with Crippen LogP contribution in [0.4, 0.5) is 5.69 Å². The molecule has 1 unspecified atom stereocenters. The molecule has 8 heteroatoms. The van der Waals surface area contributed by atoms with Crippen molar-refractivity contribution in [1.29, 1.82) is 0 Å². The summed E-state index contributed by atoms with van der Waals surface area (Å²) in [6.45, 7) is 0.995. The highest BCUT2D eigenvalue weighted by Crippen LogP contribution is 2.29. The number of methoxy groups -OCH3 is 2. The molecule has 8 nitrogen and oxygen atoms in total. The zero-order valence-electron chi connectivity index (χ0n) is 16.8. The van der Waals surface area contributed by atoms with Gasteiger partial charge in [0.15, 0.2) is 17.2 Å². The predicted octanol–water partition coefficient (Wildman–Crippen LogP) is 1.80. The number of hydrogen-bond acceptors (Lipinski definition) is 7. The molecular formula is C21H26N2O6. The Labute approximate surface area is 169 Å². The van der Waals surface area contributed by atoms with Gasteiger partial charge in [-0.05, 0) is 24.3 Å². The summed E-state index contributed by atoms with van der Waals surface area (Å²) < 4.78 is 10.4. The van der Waals surface area contributed by atoms with Crippen molar-refractivity contribution in [1.82, 2.24) is 5.32 Å². The Morgan fingerprint density at radius 1 is 1.21 bits per heavy atom. The molecule has 2 aromatic rings. The fourth-order valence-corrected chi connectivity index (χ4v) is 3.10. The van der Waals surface area contributed by atoms with Gasteiger partial charge in [-0.3, -0.25) is 4.79 Å². The van der Waals surface area contributed by atoms with Crippen LogP contribution in [0.1, 0.15) is 15.9 Å². The number of carbonyl (C=O) groups is 1. The van der Waals surface area contributed by atoms with Crippen molar-refractivity contribution < 1.29 is 29.1 Å². The van der Waals surface area contributed by atoms with Crippen molar-refractivity contribution in [3.8, 4) is 17.2 Å². The third kappa shape index (κ3) is 5.10. The fraction of sp³-hybridized carbons (Fsp3) is 0.381. The van der Waals surface area contributed by atoms with E-state index in [0.717, 1.165) is 17.7 Å². The van der Waals surface area contributed by atoms with E-state index in [1.54, 1.807) is 18.2 Å². The van der Waals surface area contributed by atoms with Gasteiger partial charge >= 0.3 is 0 Å². The molecule has 2 N–H and O–H groups in total. The van der Waals surface area contributed by atoms with Crippen LogP contribution in [0, 0.1) is 0 Å². The largest absolute Gasteiger partial charge is 0.493 e. The lowest BCUT2D eigenvalue weighted by Gasteiger charge is -2.25. The second-order valence-electron chi connectivity index (χ2n) is 6.76. The van der Waals surface area contributed by atoms with Gasteiger partial charge in [0, 0.05) is 49.4 Å². The molecule has 0 fully saturated rings. The molecule has 29 heavy (non-hydrogen) atoms. The Balaban J connectivity index is 1.54. The Kier molecular flexibility index (Phi) is 6.79. The number of amides is 1. The van der Waals surface area contributed by atoms with Crippen LogP contribution in [-0.2, 0) is 11.3 Å². The summed E-state index contributed by atoms with van der Waals surface area (Å²) >= 11 is 0. The fourth-order valence-electron chi connectivity index (χ4n) is 3.10. The van der Waals surface area contributed by atoms with Gasteiger partial charge < -0.3 is 29.7 Å². The number of aliphatic hydroxyl groups is 1. The maximum atomic E-state index is 12.4. The molecule has 0 bridgehead atoms. The van der Waals surface area contributed by atoms with Gasteiger partial charge in [0.25, 0.3) is 5.91 Å². The van der Waals surface area contributed by atoms with Crippen LogP contribution >= 0.6 is 0 Å². The van der Waals surface area contributed by atoms with E-state index in [4.69, 9.17) is 19.2 Å². The first-order chi connectivity index (χ1) is 14.0. The van der Waals surface area contributed by atoms with E-state index in [-0.39, 0.29) is 12.5 Å². The number of aliphatic hydroxyl groups excluding tert-OH is 1. The minimum Gasteiger partial charge on any atom is -0.493 e. The molecule has 0 radical (unpaired) electrons. The number of rotatable bonds is 8. The standard InChI is InChI=1S/C21H26N2O6/c1-23(16-6-4-14-8-9-28-29-19(14)11-16)13-17(24)12-22-21(25)15-5-7-18(26-2)20(10-15)27-3/h4-7,10-11,17,24H,8-9,12-13H2,1-3H3,(H,22,25). The SMILES string of the molecule is COc1ccc(C(=O)NCC(O)CN(C)c2ccc3c(c2)OOCC3)cc1OC. The van der Waals surface area contributed by atoms with Crippen molar-refractivity contribution in [2.45, 2.75) is 12.5 Å². The average Bonchev–Trinajstić information content (AvgIpc) is 2.76. The topological polar surface area (TPSA) is 89.5 Å². The van der Waals surface area contributed by atoms with E-state index < -0.39 is 6.10 Å². The molecular weight excluding hydrogens is 376 g/mol. The lowest BCUT2D eigenvalue weighted by molar-refractivity contribution is -0.215. The normalized spacial score (nSPS) is 13.7. The van der Waals surface area contributed by atoms with Gasteiger partial charge in [0.1, 0.15) is 0 Å². The Morgan fingerprint density at radius 2 is 2.00 bits per heavy atom. The lowest BCUT2D eigenvalue weighted by atomic mass is 10.1. The highest BCUT2D eigenvalue weighted by molar-refractivity contribution is 5.94. The third-order valence-electron chi connectivity index (χ3n) is 4.72. The zero-order valence-corrected chi connectivity index (χ0v) is 16.8. The van der Waals surface area contributed by atoms with Gasteiger partial charge in [-0.15, -0.1) is 0 Å². The van der Waals surface area contributed by atoms with Crippen LogP contribution in [0.15, 0.2) is 36.4 Å². The van der Waals surface area contributed by atoms with Crippen molar-refractivity contribution in [2.75, 3.05) is 45.9 Å². The molecule has 1 heterocycles. The summed E-state index contributed by atoms with van der Waals surface area (Å²) in [5, 5.41) is 13.1. The number of likely N-dealkylation sites (N-methyl/N-ethyl adjacent to an activating group) is 1. The van der Waals surface area contributed by atoms with E-state index >= 15 is 0 Å². The van der Waals surface area contributed by atoms with Gasteiger partial charge in [0.2, 0.25) is 0 Å². The summed E-state index contributed by atoms with van der Waals surface area (Å²) in [7, 11) is 4.91. The minimum atomic E-state index is -0.753. The van der Waals surface area contributed by atoms with Crippen molar-refractivity contribution in [3.63, 3.8) is 0 Å². The van der Waals surface area contributed by atoms with Crippen LogP contribution in [0.3, 0.4) is 0 Å². The first kappa shape index (κ1) is 20.8. The van der Waals surface area contributed by atoms with E-state index in [0.29, 0.717) is 36.0 Å².